The molecule has 0 bridgehead atoms. The number of hydrogen-bond donors (Lipinski definition) is 2. The summed E-state index contributed by atoms with van der Waals surface area (Å²) in [6, 6.07) is 8.78. The van der Waals surface area contributed by atoms with Gasteiger partial charge in [-0.1, -0.05) is 0 Å². The van der Waals surface area contributed by atoms with Gasteiger partial charge in [0.15, 0.2) is 0 Å². The topological polar surface area (TPSA) is 90.0 Å². The second-order valence-corrected chi connectivity index (χ2v) is 6.98. The summed E-state index contributed by atoms with van der Waals surface area (Å²) in [4.78, 5) is 0. The van der Waals surface area contributed by atoms with Crippen LogP contribution < -0.4 is 10.5 Å². The fourth-order valence-electron chi connectivity index (χ4n) is 2.02. The molecule has 1 aliphatic rings. The summed E-state index contributed by atoms with van der Waals surface area (Å²) in [5, 5.41) is 4.05. The van der Waals surface area contributed by atoms with E-state index in [1.54, 1.807) is 35.0 Å². The zero-order valence-corrected chi connectivity index (χ0v) is 11.9. The van der Waals surface area contributed by atoms with E-state index in [-0.39, 0.29) is 5.25 Å². The third kappa shape index (κ3) is 2.49. The third-order valence-corrected chi connectivity index (χ3v) is 5.06. The van der Waals surface area contributed by atoms with Gasteiger partial charge in [-0.05, 0) is 44.0 Å². The molecule has 0 amide bonds. The maximum absolute atomic E-state index is 11.8. The minimum Gasteiger partial charge on any atom is -0.384 e. The van der Waals surface area contributed by atoms with Gasteiger partial charge in [-0.2, -0.15) is 5.10 Å². The van der Waals surface area contributed by atoms with Crippen LogP contribution in [0.4, 0.5) is 11.5 Å². The van der Waals surface area contributed by atoms with E-state index in [0.717, 1.165) is 24.2 Å². The predicted octanol–water partition coefficient (Wildman–Crippen LogP) is 1.67. The Morgan fingerprint density at radius 1 is 1.30 bits per heavy atom. The molecule has 0 radical (unpaired) electrons. The number of hydrogen-bond acceptors (Lipinski definition) is 4. The molecule has 106 valence electrons. The van der Waals surface area contributed by atoms with Crippen LogP contribution in [-0.4, -0.2) is 23.4 Å². The lowest BCUT2D eigenvalue weighted by molar-refractivity contribution is 0.600. The van der Waals surface area contributed by atoms with Crippen LogP contribution in [-0.2, 0) is 10.0 Å². The highest BCUT2D eigenvalue weighted by atomic mass is 32.2. The number of rotatable bonds is 4. The molecule has 3 N–H and O–H groups in total. The lowest BCUT2D eigenvalue weighted by Crippen LogP contribution is -2.17. The van der Waals surface area contributed by atoms with E-state index in [1.165, 1.54) is 0 Å². The van der Waals surface area contributed by atoms with Crippen molar-refractivity contribution in [2.45, 2.75) is 25.0 Å². The van der Waals surface area contributed by atoms with Gasteiger partial charge in [-0.3, -0.25) is 4.72 Å². The molecule has 0 unspecified atom stereocenters. The van der Waals surface area contributed by atoms with Gasteiger partial charge in [0.1, 0.15) is 5.82 Å². The molecular weight excluding hydrogens is 276 g/mol. The van der Waals surface area contributed by atoms with Crippen molar-refractivity contribution in [3.05, 3.63) is 36.0 Å². The van der Waals surface area contributed by atoms with Crippen molar-refractivity contribution in [3.63, 3.8) is 0 Å². The number of anilines is 2. The van der Waals surface area contributed by atoms with Crippen LogP contribution >= 0.6 is 0 Å². The predicted molar refractivity (Wildman–Crippen MR) is 78.3 cm³/mol. The van der Waals surface area contributed by atoms with Gasteiger partial charge >= 0.3 is 0 Å². The van der Waals surface area contributed by atoms with Gasteiger partial charge in [0.2, 0.25) is 10.0 Å². The van der Waals surface area contributed by atoms with Crippen molar-refractivity contribution < 1.29 is 8.42 Å². The average Bonchev–Trinajstić information content (AvgIpc) is 3.17. The lowest BCUT2D eigenvalue weighted by Gasteiger charge is -2.08. The summed E-state index contributed by atoms with van der Waals surface area (Å²) in [6.07, 6.45) is 1.49. The van der Waals surface area contributed by atoms with Gasteiger partial charge in [-0.15, -0.1) is 0 Å². The molecule has 6 nitrogen and oxygen atoms in total. The Hall–Kier alpha value is -2.02. The van der Waals surface area contributed by atoms with Crippen LogP contribution in [0.25, 0.3) is 5.69 Å². The first-order valence-electron chi connectivity index (χ1n) is 6.40. The number of nitrogens with one attached hydrogen (secondary N) is 1. The number of sulfonamides is 1. The first kappa shape index (κ1) is 13.0. The summed E-state index contributed by atoms with van der Waals surface area (Å²) in [6.45, 7) is 1.87. The van der Waals surface area contributed by atoms with Gasteiger partial charge < -0.3 is 5.73 Å². The molecular formula is C13H16N4O2S. The van der Waals surface area contributed by atoms with Crippen LogP contribution in [0.1, 0.15) is 18.5 Å². The first-order valence-corrected chi connectivity index (χ1v) is 7.94. The van der Waals surface area contributed by atoms with E-state index in [4.69, 9.17) is 5.73 Å². The van der Waals surface area contributed by atoms with Gasteiger partial charge in [0.25, 0.3) is 0 Å². The second kappa shape index (κ2) is 4.52. The highest BCUT2D eigenvalue weighted by Gasteiger charge is 2.35. The van der Waals surface area contributed by atoms with Crippen molar-refractivity contribution in [1.29, 1.82) is 0 Å². The minimum absolute atomic E-state index is 0.230. The molecule has 2 aromatic rings. The number of nitrogen functional groups attached to an aromatic ring is 1. The Bertz CT molecular complexity index is 730. The molecule has 20 heavy (non-hydrogen) atoms. The Kier molecular flexibility index (Phi) is 2.93. The molecule has 7 heteroatoms. The normalized spacial score (nSPS) is 15.2. The first-order chi connectivity index (χ1) is 9.45. The highest BCUT2D eigenvalue weighted by molar-refractivity contribution is 7.93. The van der Waals surface area contributed by atoms with E-state index in [9.17, 15) is 8.42 Å². The van der Waals surface area contributed by atoms with Crippen LogP contribution in [0.2, 0.25) is 0 Å². The number of aromatic nitrogens is 2. The molecule has 1 heterocycles. The molecule has 1 fully saturated rings. The molecule has 0 saturated heterocycles. The molecule has 0 spiro atoms. The monoisotopic (exact) mass is 292 g/mol. The van der Waals surface area contributed by atoms with E-state index >= 15 is 0 Å². The summed E-state index contributed by atoms with van der Waals surface area (Å²) in [5.74, 6) is 0.550. The average molecular weight is 292 g/mol. The van der Waals surface area contributed by atoms with E-state index < -0.39 is 10.0 Å². The van der Waals surface area contributed by atoms with E-state index in [0.29, 0.717) is 11.5 Å². The minimum atomic E-state index is -3.22. The summed E-state index contributed by atoms with van der Waals surface area (Å²) >= 11 is 0. The van der Waals surface area contributed by atoms with Gasteiger partial charge in [0.05, 0.1) is 16.6 Å². The Morgan fingerprint density at radius 2 is 1.95 bits per heavy atom. The largest absolute Gasteiger partial charge is 0.384 e. The van der Waals surface area contributed by atoms with E-state index in [2.05, 4.69) is 9.82 Å². The van der Waals surface area contributed by atoms with Crippen LogP contribution in [0.15, 0.2) is 30.3 Å². The quantitative estimate of drug-likeness (QED) is 0.897. The maximum atomic E-state index is 11.8. The number of nitrogens with zero attached hydrogens (tertiary/aromatic N) is 2. The zero-order chi connectivity index (χ0) is 14.3. The zero-order valence-electron chi connectivity index (χ0n) is 11.1. The smallest absolute Gasteiger partial charge is 0.235 e. The molecule has 1 aromatic carbocycles. The molecule has 1 saturated carbocycles. The second-order valence-electron chi connectivity index (χ2n) is 5.02. The van der Waals surface area contributed by atoms with Crippen LogP contribution in [0, 0.1) is 6.92 Å². The van der Waals surface area contributed by atoms with Crippen molar-refractivity contribution in [1.82, 2.24) is 9.78 Å². The molecule has 0 aliphatic heterocycles. The summed E-state index contributed by atoms with van der Waals surface area (Å²) in [7, 11) is -3.22. The van der Waals surface area contributed by atoms with Crippen LogP contribution in [0.5, 0.6) is 0 Å². The SMILES string of the molecule is Cc1cc(N)n(-c2ccc(NS(=O)(=O)C3CC3)cc2)n1. The fourth-order valence-corrected chi connectivity index (χ4v) is 3.41. The maximum Gasteiger partial charge on any atom is 0.235 e. The van der Waals surface area contributed by atoms with E-state index in [1.807, 2.05) is 6.92 Å². The summed E-state index contributed by atoms with van der Waals surface area (Å²) in [5.41, 5.74) is 8.04. The standard InChI is InChI=1S/C13H16N4O2S/c1-9-8-13(14)17(15-9)11-4-2-10(3-5-11)16-20(18,19)12-6-7-12/h2-5,8,12,16H,6-7,14H2,1H3. The van der Waals surface area contributed by atoms with Crippen molar-refractivity contribution in [2.75, 3.05) is 10.5 Å². The van der Waals surface area contributed by atoms with Crippen molar-refractivity contribution in [2.24, 2.45) is 0 Å². The molecule has 1 aliphatic carbocycles. The van der Waals surface area contributed by atoms with Gasteiger partial charge in [-0.25, -0.2) is 13.1 Å². The third-order valence-electron chi connectivity index (χ3n) is 3.19. The lowest BCUT2D eigenvalue weighted by atomic mass is 10.3. The molecule has 1 aromatic heterocycles. The van der Waals surface area contributed by atoms with Crippen LogP contribution in [0.3, 0.4) is 0 Å². The molecule has 0 atom stereocenters. The Labute approximate surface area is 117 Å². The Balaban J connectivity index is 1.83. The Morgan fingerprint density at radius 3 is 2.45 bits per heavy atom. The van der Waals surface area contributed by atoms with Crippen molar-refractivity contribution in [3.8, 4) is 5.69 Å². The molecule has 3 rings (SSSR count). The highest BCUT2D eigenvalue weighted by Crippen LogP contribution is 2.29. The number of nitrogens with two attached hydrogens (primary N) is 1. The number of aryl methyl sites for hydroxylation is 1. The fraction of sp³-hybridized carbons (Fsp3) is 0.308. The van der Waals surface area contributed by atoms with Gasteiger partial charge in [0, 0.05) is 11.8 Å². The number of benzene rings is 1. The summed E-state index contributed by atoms with van der Waals surface area (Å²) < 4.78 is 27.9. The van der Waals surface area contributed by atoms with Crippen molar-refractivity contribution >= 4 is 21.5 Å².